The molecule has 2 N–H and O–H groups in total. The van der Waals surface area contributed by atoms with Crippen LogP contribution >= 0.6 is 12.4 Å². The molecule has 2 aliphatic rings. The van der Waals surface area contributed by atoms with Gasteiger partial charge < -0.3 is 10.6 Å². The van der Waals surface area contributed by atoms with Crippen molar-refractivity contribution in [2.75, 3.05) is 0 Å². The zero-order valence-corrected chi connectivity index (χ0v) is 13.2. The van der Waals surface area contributed by atoms with Gasteiger partial charge in [0, 0.05) is 23.7 Å². The van der Waals surface area contributed by atoms with E-state index in [0.717, 1.165) is 23.8 Å². The molecular formula is C18H21ClN2O. The minimum absolute atomic E-state index is 0. The van der Waals surface area contributed by atoms with Gasteiger partial charge in [0.05, 0.1) is 0 Å². The van der Waals surface area contributed by atoms with E-state index in [1.807, 2.05) is 30.3 Å². The molecule has 0 aromatic heterocycles. The van der Waals surface area contributed by atoms with E-state index in [0.29, 0.717) is 18.1 Å². The van der Waals surface area contributed by atoms with E-state index < -0.39 is 0 Å². The summed E-state index contributed by atoms with van der Waals surface area (Å²) in [6.45, 7) is 0. The summed E-state index contributed by atoms with van der Waals surface area (Å²) in [6, 6.07) is 15.6. The van der Waals surface area contributed by atoms with Crippen LogP contribution in [0, 0.1) is 0 Å². The van der Waals surface area contributed by atoms with Gasteiger partial charge in [0.25, 0.3) is 5.91 Å². The van der Waals surface area contributed by atoms with Gasteiger partial charge >= 0.3 is 0 Å². The van der Waals surface area contributed by atoms with Gasteiger partial charge in [-0.05, 0) is 48.6 Å². The highest BCUT2D eigenvalue weighted by Gasteiger charge is 2.34. The number of piperidine rings is 1. The fourth-order valence-corrected chi connectivity index (χ4v) is 3.77. The molecule has 22 heavy (non-hydrogen) atoms. The summed E-state index contributed by atoms with van der Waals surface area (Å²) in [5, 5.41) is 9.12. The van der Waals surface area contributed by atoms with Crippen LogP contribution in [0.25, 0.3) is 10.8 Å². The molecule has 116 valence electrons. The molecule has 2 aromatic rings. The Labute approximate surface area is 136 Å². The van der Waals surface area contributed by atoms with Crippen LogP contribution in [0.1, 0.15) is 36.0 Å². The molecule has 4 heteroatoms. The molecule has 2 aromatic carbocycles. The second kappa shape index (κ2) is 6.27. The quantitative estimate of drug-likeness (QED) is 0.893. The average Bonchev–Trinajstić information content (AvgIpc) is 2.85. The van der Waals surface area contributed by atoms with Gasteiger partial charge in [-0.3, -0.25) is 4.79 Å². The molecule has 2 unspecified atom stereocenters. The lowest BCUT2D eigenvalue weighted by molar-refractivity contribution is 0.0924. The predicted octanol–water partition coefficient (Wildman–Crippen LogP) is 3.27. The van der Waals surface area contributed by atoms with Crippen molar-refractivity contribution in [2.45, 2.75) is 43.8 Å². The van der Waals surface area contributed by atoms with Crippen LogP contribution < -0.4 is 10.6 Å². The third-order valence-corrected chi connectivity index (χ3v) is 4.82. The fraction of sp³-hybridized carbons (Fsp3) is 0.389. The van der Waals surface area contributed by atoms with Crippen molar-refractivity contribution in [3.63, 3.8) is 0 Å². The Morgan fingerprint density at radius 3 is 2.41 bits per heavy atom. The van der Waals surface area contributed by atoms with Crippen molar-refractivity contribution in [2.24, 2.45) is 0 Å². The third kappa shape index (κ3) is 2.96. The summed E-state index contributed by atoms with van der Waals surface area (Å²) in [5.74, 6) is 0.0621. The summed E-state index contributed by atoms with van der Waals surface area (Å²) in [6.07, 6.45) is 4.64. The SMILES string of the molecule is Cl.O=C(NC1CC2CCC(C1)N2)c1ccc2ccccc2c1. The smallest absolute Gasteiger partial charge is 0.251 e. The van der Waals surface area contributed by atoms with Gasteiger partial charge in [-0.15, -0.1) is 12.4 Å². The number of benzene rings is 2. The molecule has 0 radical (unpaired) electrons. The van der Waals surface area contributed by atoms with Crippen molar-refractivity contribution in [3.8, 4) is 0 Å². The van der Waals surface area contributed by atoms with E-state index in [1.54, 1.807) is 0 Å². The number of hydrogen-bond acceptors (Lipinski definition) is 2. The van der Waals surface area contributed by atoms with E-state index in [-0.39, 0.29) is 18.3 Å². The first-order chi connectivity index (χ1) is 10.3. The molecule has 2 bridgehead atoms. The Hall–Kier alpha value is -1.58. The maximum absolute atomic E-state index is 12.5. The van der Waals surface area contributed by atoms with Crippen molar-refractivity contribution >= 4 is 29.1 Å². The van der Waals surface area contributed by atoms with Crippen LogP contribution in [-0.4, -0.2) is 24.0 Å². The molecule has 2 fully saturated rings. The normalized spacial score (nSPS) is 26.5. The van der Waals surface area contributed by atoms with Crippen LogP contribution in [-0.2, 0) is 0 Å². The fourth-order valence-electron chi connectivity index (χ4n) is 3.77. The summed E-state index contributed by atoms with van der Waals surface area (Å²) in [5.41, 5.74) is 0.763. The number of halogens is 1. The first kappa shape index (κ1) is 15.3. The Bertz CT molecular complexity index is 676. The number of hydrogen-bond donors (Lipinski definition) is 2. The second-order valence-electron chi connectivity index (χ2n) is 6.34. The number of carbonyl (C=O) groups excluding carboxylic acids is 1. The standard InChI is InChI=1S/C18H20N2O.ClH/c21-18(20-17-10-15-7-8-16(11-17)19-15)14-6-5-12-3-1-2-4-13(12)9-14;/h1-6,9,15-17,19H,7-8,10-11H2,(H,20,21);1H. The zero-order valence-electron chi connectivity index (χ0n) is 12.4. The summed E-state index contributed by atoms with van der Waals surface area (Å²) in [4.78, 5) is 12.5. The summed E-state index contributed by atoms with van der Waals surface area (Å²) in [7, 11) is 0. The molecule has 0 aliphatic carbocycles. The number of rotatable bonds is 2. The first-order valence-electron chi connectivity index (χ1n) is 7.84. The van der Waals surface area contributed by atoms with E-state index >= 15 is 0 Å². The lowest BCUT2D eigenvalue weighted by Crippen LogP contribution is -2.48. The van der Waals surface area contributed by atoms with Gasteiger partial charge in [-0.25, -0.2) is 0 Å². The van der Waals surface area contributed by atoms with Crippen molar-refractivity contribution in [1.82, 2.24) is 10.6 Å². The highest BCUT2D eigenvalue weighted by Crippen LogP contribution is 2.27. The Morgan fingerprint density at radius 2 is 1.68 bits per heavy atom. The van der Waals surface area contributed by atoms with E-state index in [2.05, 4.69) is 22.8 Å². The molecule has 0 saturated carbocycles. The number of carbonyl (C=O) groups is 1. The van der Waals surface area contributed by atoms with Crippen molar-refractivity contribution in [3.05, 3.63) is 48.0 Å². The zero-order chi connectivity index (χ0) is 14.2. The molecule has 2 saturated heterocycles. The molecule has 2 heterocycles. The van der Waals surface area contributed by atoms with Crippen LogP contribution in [0.15, 0.2) is 42.5 Å². The summed E-state index contributed by atoms with van der Waals surface area (Å²) < 4.78 is 0. The highest BCUT2D eigenvalue weighted by molar-refractivity contribution is 5.98. The van der Waals surface area contributed by atoms with Crippen LogP contribution in [0.3, 0.4) is 0 Å². The predicted molar refractivity (Wildman–Crippen MR) is 91.6 cm³/mol. The molecular weight excluding hydrogens is 296 g/mol. The number of fused-ring (bicyclic) bond motifs is 3. The lowest BCUT2D eigenvalue weighted by Gasteiger charge is -2.29. The molecule has 4 rings (SSSR count). The molecule has 2 atom stereocenters. The number of amides is 1. The Balaban J connectivity index is 0.00000144. The maximum Gasteiger partial charge on any atom is 0.251 e. The van der Waals surface area contributed by atoms with Gasteiger partial charge in [-0.2, -0.15) is 0 Å². The van der Waals surface area contributed by atoms with Gasteiger partial charge in [-0.1, -0.05) is 30.3 Å². The molecule has 3 nitrogen and oxygen atoms in total. The van der Waals surface area contributed by atoms with Gasteiger partial charge in [0.1, 0.15) is 0 Å². The second-order valence-corrected chi connectivity index (χ2v) is 6.34. The highest BCUT2D eigenvalue weighted by atomic mass is 35.5. The van der Waals surface area contributed by atoms with E-state index in [1.165, 1.54) is 18.2 Å². The lowest BCUT2D eigenvalue weighted by atomic mass is 9.99. The van der Waals surface area contributed by atoms with Crippen molar-refractivity contribution < 1.29 is 4.79 Å². The van der Waals surface area contributed by atoms with Crippen LogP contribution in [0.2, 0.25) is 0 Å². The first-order valence-corrected chi connectivity index (χ1v) is 7.84. The molecule has 2 aliphatic heterocycles. The van der Waals surface area contributed by atoms with Crippen LogP contribution in [0.4, 0.5) is 0 Å². The average molecular weight is 317 g/mol. The minimum Gasteiger partial charge on any atom is -0.349 e. The van der Waals surface area contributed by atoms with E-state index in [4.69, 9.17) is 0 Å². The molecule has 1 amide bonds. The summed E-state index contributed by atoms with van der Waals surface area (Å²) >= 11 is 0. The Kier molecular flexibility index (Phi) is 4.37. The van der Waals surface area contributed by atoms with Gasteiger partial charge in [0.15, 0.2) is 0 Å². The topological polar surface area (TPSA) is 41.1 Å². The number of nitrogens with one attached hydrogen (secondary N) is 2. The van der Waals surface area contributed by atoms with E-state index in [9.17, 15) is 4.79 Å². The van der Waals surface area contributed by atoms with Crippen LogP contribution in [0.5, 0.6) is 0 Å². The minimum atomic E-state index is 0. The van der Waals surface area contributed by atoms with Gasteiger partial charge in [0.2, 0.25) is 0 Å². The Morgan fingerprint density at radius 1 is 1.00 bits per heavy atom. The largest absolute Gasteiger partial charge is 0.349 e. The van der Waals surface area contributed by atoms with Crippen molar-refractivity contribution in [1.29, 1.82) is 0 Å². The monoisotopic (exact) mass is 316 g/mol. The third-order valence-electron chi connectivity index (χ3n) is 4.82. The molecule has 0 spiro atoms. The maximum atomic E-state index is 12.5.